The topological polar surface area (TPSA) is 52.0 Å². The van der Waals surface area contributed by atoms with E-state index in [1.54, 1.807) is 0 Å². The minimum absolute atomic E-state index is 0.383. The summed E-state index contributed by atoms with van der Waals surface area (Å²) in [6.45, 7) is 4.31. The molecule has 0 fully saturated rings. The van der Waals surface area contributed by atoms with Crippen LogP contribution in [0.25, 0.3) is 11.1 Å². The van der Waals surface area contributed by atoms with E-state index in [0.29, 0.717) is 11.8 Å². The quantitative estimate of drug-likeness (QED) is 0.898. The van der Waals surface area contributed by atoms with E-state index in [1.165, 1.54) is 0 Å². The molecule has 0 aliphatic rings. The second kappa shape index (κ2) is 5.57. The molecule has 0 aliphatic carbocycles. The molecule has 2 N–H and O–H groups in total. The first kappa shape index (κ1) is 13.1. The Balaban J connectivity index is 2.57. The predicted octanol–water partition coefficient (Wildman–Crippen LogP) is 4.59. The molecular weight excluding hydrogens is 292 g/mol. The van der Waals surface area contributed by atoms with Gasteiger partial charge in [-0.25, -0.2) is 0 Å². The average molecular weight is 309 g/mol. The normalized spacial score (nSPS) is 11.1. The van der Waals surface area contributed by atoms with Gasteiger partial charge in [-0.3, -0.25) is 0 Å². The molecule has 0 unspecified atom stereocenters. The second-order valence-corrected chi connectivity index (χ2v) is 5.15. The van der Waals surface area contributed by atoms with Crippen LogP contribution in [0, 0.1) is 0 Å². The highest BCUT2D eigenvalue weighted by molar-refractivity contribution is 9.10. The Morgan fingerprint density at radius 2 is 1.94 bits per heavy atom. The molecule has 0 spiro atoms. The Labute approximate surface area is 115 Å². The maximum Gasteiger partial charge on any atom is 0.230 e. The van der Waals surface area contributed by atoms with Gasteiger partial charge in [0.05, 0.1) is 11.3 Å². The van der Waals surface area contributed by atoms with Crippen LogP contribution in [-0.2, 0) is 0 Å². The number of aromatic nitrogens is 1. The van der Waals surface area contributed by atoms with Crippen LogP contribution in [0.15, 0.2) is 33.3 Å². The zero-order valence-corrected chi connectivity index (χ0v) is 12.2. The third-order valence-corrected chi connectivity index (χ3v) is 3.95. The van der Waals surface area contributed by atoms with Gasteiger partial charge in [-0.15, -0.1) is 0 Å². The molecule has 1 aromatic heterocycles. The SMILES string of the molecule is CCC(CC)c1noc(N)c1-c1ccccc1Br. The summed E-state index contributed by atoms with van der Waals surface area (Å²) < 4.78 is 6.20. The minimum Gasteiger partial charge on any atom is -0.367 e. The van der Waals surface area contributed by atoms with Crippen molar-refractivity contribution in [1.29, 1.82) is 0 Å². The Bertz CT molecular complexity index is 532. The summed E-state index contributed by atoms with van der Waals surface area (Å²) in [5.41, 5.74) is 8.87. The fourth-order valence-corrected chi connectivity index (χ4v) is 2.69. The average Bonchev–Trinajstić information content (AvgIpc) is 2.74. The van der Waals surface area contributed by atoms with Crippen molar-refractivity contribution in [2.45, 2.75) is 32.6 Å². The molecular formula is C14H17BrN2O. The van der Waals surface area contributed by atoms with Crippen molar-refractivity contribution in [1.82, 2.24) is 5.16 Å². The maximum absolute atomic E-state index is 5.94. The van der Waals surface area contributed by atoms with Crippen LogP contribution in [0.2, 0.25) is 0 Å². The highest BCUT2D eigenvalue weighted by Gasteiger charge is 2.22. The summed E-state index contributed by atoms with van der Waals surface area (Å²) in [4.78, 5) is 0. The van der Waals surface area contributed by atoms with Crippen LogP contribution in [-0.4, -0.2) is 5.16 Å². The van der Waals surface area contributed by atoms with Crippen LogP contribution in [0.1, 0.15) is 38.3 Å². The lowest BCUT2D eigenvalue weighted by atomic mass is 9.93. The lowest BCUT2D eigenvalue weighted by molar-refractivity contribution is 0.416. The molecule has 0 bridgehead atoms. The highest BCUT2D eigenvalue weighted by atomic mass is 79.9. The van der Waals surface area contributed by atoms with E-state index in [4.69, 9.17) is 10.3 Å². The highest BCUT2D eigenvalue weighted by Crippen LogP contribution is 2.39. The monoisotopic (exact) mass is 308 g/mol. The van der Waals surface area contributed by atoms with Gasteiger partial charge in [0.2, 0.25) is 5.88 Å². The van der Waals surface area contributed by atoms with Gasteiger partial charge in [0, 0.05) is 16.0 Å². The summed E-state index contributed by atoms with van der Waals surface area (Å²) in [5.74, 6) is 0.775. The van der Waals surface area contributed by atoms with Gasteiger partial charge in [-0.2, -0.15) is 0 Å². The first-order chi connectivity index (χ1) is 8.69. The van der Waals surface area contributed by atoms with Gasteiger partial charge in [0.15, 0.2) is 0 Å². The van der Waals surface area contributed by atoms with Crippen molar-refractivity contribution in [3.63, 3.8) is 0 Å². The van der Waals surface area contributed by atoms with Crippen molar-refractivity contribution in [2.75, 3.05) is 5.73 Å². The fourth-order valence-electron chi connectivity index (χ4n) is 2.20. The van der Waals surface area contributed by atoms with Crippen LogP contribution in [0.3, 0.4) is 0 Å². The number of anilines is 1. The van der Waals surface area contributed by atoms with E-state index in [-0.39, 0.29) is 0 Å². The number of benzene rings is 1. The molecule has 0 amide bonds. The number of hydrogen-bond donors (Lipinski definition) is 1. The molecule has 1 aromatic carbocycles. The molecule has 4 heteroatoms. The van der Waals surface area contributed by atoms with Gasteiger partial charge in [0.25, 0.3) is 0 Å². The van der Waals surface area contributed by atoms with Gasteiger partial charge >= 0.3 is 0 Å². The lowest BCUT2D eigenvalue weighted by Gasteiger charge is -2.11. The second-order valence-electron chi connectivity index (χ2n) is 4.30. The summed E-state index contributed by atoms with van der Waals surface area (Å²) in [7, 11) is 0. The molecule has 18 heavy (non-hydrogen) atoms. The summed E-state index contributed by atoms with van der Waals surface area (Å²) in [6, 6.07) is 7.99. The smallest absolute Gasteiger partial charge is 0.230 e. The maximum atomic E-state index is 5.94. The Morgan fingerprint density at radius 3 is 2.56 bits per heavy atom. The van der Waals surface area contributed by atoms with Crippen LogP contribution in [0.5, 0.6) is 0 Å². The van der Waals surface area contributed by atoms with Gasteiger partial charge in [-0.05, 0) is 18.9 Å². The minimum atomic E-state index is 0.383. The Morgan fingerprint density at radius 1 is 1.28 bits per heavy atom. The van der Waals surface area contributed by atoms with Gasteiger partial charge < -0.3 is 10.3 Å². The zero-order chi connectivity index (χ0) is 13.1. The summed E-state index contributed by atoms with van der Waals surface area (Å²) in [6.07, 6.45) is 2.06. The molecule has 1 heterocycles. The van der Waals surface area contributed by atoms with E-state index in [1.807, 2.05) is 24.3 Å². The number of rotatable bonds is 4. The van der Waals surface area contributed by atoms with Crippen molar-refractivity contribution < 1.29 is 4.52 Å². The van der Waals surface area contributed by atoms with E-state index < -0.39 is 0 Å². The molecule has 0 atom stereocenters. The van der Waals surface area contributed by atoms with E-state index in [9.17, 15) is 0 Å². The van der Waals surface area contributed by atoms with E-state index >= 15 is 0 Å². The van der Waals surface area contributed by atoms with Crippen molar-refractivity contribution in [2.24, 2.45) is 0 Å². The summed E-state index contributed by atoms with van der Waals surface area (Å²) in [5, 5.41) is 4.15. The van der Waals surface area contributed by atoms with Crippen molar-refractivity contribution >= 4 is 21.8 Å². The van der Waals surface area contributed by atoms with Crippen LogP contribution in [0.4, 0.5) is 5.88 Å². The molecule has 0 aliphatic heterocycles. The van der Waals surface area contributed by atoms with E-state index in [2.05, 4.69) is 34.9 Å². The number of nitrogens with two attached hydrogens (primary N) is 1. The number of hydrogen-bond acceptors (Lipinski definition) is 3. The van der Waals surface area contributed by atoms with Gasteiger partial charge in [0.1, 0.15) is 0 Å². The van der Waals surface area contributed by atoms with Gasteiger partial charge in [-0.1, -0.05) is 53.1 Å². The molecule has 0 radical (unpaired) electrons. The Kier molecular flexibility index (Phi) is 4.07. The molecule has 3 nitrogen and oxygen atoms in total. The largest absolute Gasteiger partial charge is 0.367 e. The van der Waals surface area contributed by atoms with Crippen molar-refractivity contribution in [3.05, 3.63) is 34.4 Å². The molecule has 2 aromatic rings. The fraction of sp³-hybridized carbons (Fsp3) is 0.357. The molecule has 0 saturated carbocycles. The summed E-state index contributed by atoms with van der Waals surface area (Å²) >= 11 is 3.55. The lowest BCUT2D eigenvalue weighted by Crippen LogP contribution is -1.99. The predicted molar refractivity (Wildman–Crippen MR) is 77.4 cm³/mol. The third kappa shape index (κ3) is 2.29. The third-order valence-electron chi connectivity index (χ3n) is 3.26. The Hall–Kier alpha value is -1.29. The number of nitrogen functional groups attached to an aromatic ring is 1. The number of halogens is 1. The zero-order valence-electron chi connectivity index (χ0n) is 10.6. The van der Waals surface area contributed by atoms with E-state index in [0.717, 1.165) is 34.1 Å². The molecule has 96 valence electrons. The number of nitrogens with zero attached hydrogens (tertiary/aromatic N) is 1. The molecule has 0 saturated heterocycles. The molecule has 2 rings (SSSR count). The standard InChI is InChI=1S/C14H17BrN2O/c1-3-9(4-2)13-12(14(16)18-17-13)10-7-5-6-8-11(10)15/h5-9H,3-4,16H2,1-2H3. The van der Waals surface area contributed by atoms with Crippen LogP contribution < -0.4 is 5.73 Å². The van der Waals surface area contributed by atoms with Crippen molar-refractivity contribution in [3.8, 4) is 11.1 Å². The first-order valence-electron chi connectivity index (χ1n) is 6.18. The van der Waals surface area contributed by atoms with Crippen LogP contribution >= 0.6 is 15.9 Å². The first-order valence-corrected chi connectivity index (χ1v) is 6.98.